The molecule has 0 atom stereocenters. The molecular weight excluding hydrogens is 484 g/mol. The second-order valence-electron chi connectivity index (χ2n) is 10.0. The van der Waals surface area contributed by atoms with Crippen LogP contribution in [0.5, 0.6) is 0 Å². The van der Waals surface area contributed by atoms with Crippen LogP contribution in [-0.2, 0) is 0 Å². The van der Waals surface area contributed by atoms with Gasteiger partial charge < -0.3 is 0 Å². The largest absolute Gasteiger partial charge is 0.276 e. The van der Waals surface area contributed by atoms with Gasteiger partial charge >= 0.3 is 0 Å². The number of hydrogen-bond donors (Lipinski definition) is 0. The summed E-state index contributed by atoms with van der Waals surface area (Å²) in [5, 5.41) is 4.69. The second-order valence-corrected chi connectivity index (χ2v) is 10.0. The molecule has 0 unspecified atom stereocenters. The minimum atomic E-state index is 0.627. The molecule has 0 saturated carbocycles. The topological polar surface area (TPSA) is 77.7 Å². The number of aromatic nitrogens is 8. The van der Waals surface area contributed by atoms with Gasteiger partial charge in [-0.25, -0.2) is 29.3 Å². The molecule has 10 aromatic rings. The van der Waals surface area contributed by atoms with Gasteiger partial charge in [-0.3, -0.25) is 8.80 Å². The van der Waals surface area contributed by atoms with Crippen molar-refractivity contribution in [3.8, 4) is 11.4 Å². The van der Waals surface area contributed by atoms with Gasteiger partial charge in [-0.2, -0.15) is 0 Å². The fourth-order valence-corrected chi connectivity index (χ4v) is 6.26. The lowest BCUT2D eigenvalue weighted by atomic mass is 10.1. The van der Waals surface area contributed by atoms with Crippen molar-refractivity contribution in [3.63, 3.8) is 0 Å². The highest BCUT2D eigenvalue weighted by Gasteiger charge is 2.25. The molecule has 0 radical (unpaired) electrons. The van der Waals surface area contributed by atoms with Crippen molar-refractivity contribution in [2.24, 2.45) is 0 Å². The Bertz CT molecular complexity index is 2450. The lowest BCUT2D eigenvalue weighted by Crippen LogP contribution is -1.92. The van der Waals surface area contributed by atoms with Crippen LogP contribution in [-0.4, -0.2) is 38.1 Å². The summed E-state index contributed by atoms with van der Waals surface area (Å²) in [6.45, 7) is 0. The number of nitrogens with zero attached hydrogens (tertiary/aromatic N) is 8. The molecule has 8 heteroatoms. The summed E-state index contributed by atoms with van der Waals surface area (Å²) in [5.74, 6) is 2.30. The lowest BCUT2D eigenvalue weighted by Gasteiger charge is -2.04. The lowest BCUT2D eigenvalue weighted by molar-refractivity contribution is 1.06. The van der Waals surface area contributed by atoms with E-state index in [1.165, 1.54) is 34.2 Å². The maximum Gasteiger partial charge on any atom is 0.223 e. The summed E-state index contributed by atoms with van der Waals surface area (Å²) in [5.41, 5.74) is 8.07. The molecule has 39 heavy (non-hydrogen) atoms. The molecule has 0 aliphatic heterocycles. The molecule has 5 aromatic carbocycles. The normalized spacial score (nSPS) is 12.6. The van der Waals surface area contributed by atoms with E-state index < -0.39 is 0 Å². The number of hydrogen-bond acceptors (Lipinski definition) is 5. The first kappa shape index (κ1) is 19.5. The predicted octanol–water partition coefficient (Wildman–Crippen LogP) is 6.29. The molecule has 0 saturated heterocycles. The fraction of sp³-hybridized carbons (Fsp3) is 0. The van der Waals surface area contributed by atoms with E-state index in [0.29, 0.717) is 5.82 Å². The first-order valence-electron chi connectivity index (χ1n) is 12.8. The molecule has 0 N–H and O–H groups in total. The molecule has 0 spiro atoms. The standard InChI is InChI=1S/C31H16N8/c1-3-7-19-11-24-22(9-17(19)5-1)35-30-37(24)26-13-21(29-33-15-32-16-34-29)14-27-28(26)39(30)31-36-23-10-18-6-2-4-8-20(18)12-25(23)38(27)31/h1-16H. The highest BCUT2D eigenvalue weighted by molar-refractivity contribution is 6.08. The number of rotatable bonds is 1. The summed E-state index contributed by atoms with van der Waals surface area (Å²) >= 11 is 0. The predicted molar refractivity (Wildman–Crippen MR) is 152 cm³/mol. The zero-order chi connectivity index (χ0) is 25.2. The van der Waals surface area contributed by atoms with Crippen molar-refractivity contribution in [3.05, 3.63) is 97.6 Å². The van der Waals surface area contributed by atoms with E-state index in [9.17, 15) is 0 Å². The monoisotopic (exact) mass is 500 g/mol. The van der Waals surface area contributed by atoms with Gasteiger partial charge in [-0.15, -0.1) is 0 Å². The van der Waals surface area contributed by atoms with Gasteiger partial charge in [0, 0.05) is 5.56 Å². The number of fused-ring (bicyclic) bond motifs is 12. The second kappa shape index (κ2) is 6.62. The third kappa shape index (κ3) is 2.36. The van der Waals surface area contributed by atoms with Crippen LogP contribution >= 0.6 is 0 Å². The Morgan fingerprint density at radius 3 is 1.49 bits per heavy atom. The Morgan fingerprint density at radius 1 is 0.487 bits per heavy atom. The molecule has 10 rings (SSSR count). The van der Waals surface area contributed by atoms with Crippen molar-refractivity contribution in [2.75, 3.05) is 0 Å². The van der Waals surface area contributed by atoms with E-state index >= 15 is 0 Å². The van der Waals surface area contributed by atoms with Gasteiger partial charge in [-0.05, 0) is 57.9 Å². The Balaban J connectivity index is 1.47. The highest BCUT2D eigenvalue weighted by Crippen LogP contribution is 2.38. The summed E-state index contributed by atoms with van der Waals surface area (Å²) in [6.07, 6.45) is 3.07. The van der Waals surface area contributed by atoms with Crippen LogP contribution in [0.3, 0.4) is 0 Å². The molecule has 8 nitrogen and oxygen atoms in total. The third-order valence-corrected chi connectivity index (χ3v) is 7.94. The Morgan fingerprint density at radius 2 is 0.974 bits per heavy atom. The van der Waals surface area contributed by atoms with Crippen LogP contribution in [0.25, 0.3) is 83.1 Å². The molecule has 0 aliphatic carbocycles. The van der Waals surface area contributed by atoms with Crippen molar-refractivity contribution >= 4 is 71.7 Å². The first-order valence-corrected chi connectivity index (χ1v) is 12.8. The summed E-state index contributed by atoms with van der Waals surface area (Å²) in [4.78, 5) is 23.3. The van der Waals surface area contributed by atoms with E-state index in [1.807, 2.05) is 0 Å². The van der Waals surface area contributed by atoms with E-state index in [1.54, 1.807) is 0 Å². The molecule has 5 heterocycles. The van der Waals surface area contributed by atoms with Gasteiger partial charge in [0.25, 0.3) is 0 Å². The molecule has 0 fully saturated rings. The van der Waals surface area contributed by atoms with Crippen LogP contribution in [0.2, 0.25) is 0 Å². The van der Waals surface area contributed by atoms with Gasteiger partial charge in [0.2, 0.25) is 11.6 Å². The minimum absolute atomic E-state index is 0.627. The molecule has 180 valence electrons. The third-order valence-electron chi connectivity index (χ3n) is 7.94. The van der Waals surface area contributed by atoms with Crippen molar-refractivity contribution in [1.82, 2.24) is 38.1 Å². The smallest absolute Gasteiger partial charge is 0.223 e. The van der Waals surface area contributed by atoms with Crippen LogP contribution in [0.15, 0.2) is 97.6 Å². The SMILES string of the molecule is c1ccc2cc3c(cc2c1)nc1n3c2cc(-c3ncncn3)cc3c2n1c1nc2cc4ccccc4cc2n31. The molecule has 5 aromatic heterocycles. The van der Waals surface area contributed by atoms with Crippen LogP contribution in [0, 0.1) is 0 Å². The number of imidazole rings is 4. The quantitative estimate of drug-likeness (QED) is 0.265. The minimum Gasteiger partial charge on any atom is -0.276 e. The van der Waals surface area contributed by atoms with Gasteiger partial charge in [0.15, 0.2) is 5.82 Å². The van der Waals surface area contributed by atoms with Crippen LogP contribution in [0.4, 0.5) is 0 Å². The van der Waals surface area contributed by atoms with Crippen molar-refractivity contribution in [1.29, 1.82) is 0 Å². The van der Waals surface area contributed by atoms with Crippen molar-refractivity contribution in [2.45, 2.75) is 0 Å². The van der Waals surface area contributed by atoms with E-state index in [2.05, 4.69) is 113 Å². The Hall–Kier alpha value is -5.63. The maximum absolute atomic E-state index is 5.16. The average molecular weight is 501 g/mol. The Kier molecular flexibility index (Phi) is 3.31. The van der Waals surface area contributed by atoms with Gasteiger partial charge in [0.1, 0.15) is 18.2 Å². The van der Waals surface area contributed by atoms with Gasteiger partial charge in [0.05, 0.1) is 33.1 Å². The zero-order valence-electron chi connectivity index (χ0n) is 20.3. The van der Waals surface area contributed by atoms with E-state index in [0.717, 1.165) is 55.7 Å². The fourth-order valence-electron chi connectivity index (χ4n) is 6.26. The number of benzene rings is 5. The van der Waals surface area contributed by atoms with E-state index in [4.69, 9.17) is 9.97 Å². The molecular formula is C31H16N8. The average Bonchev–Trinajstić information content (AvgIpc) is 3.69. The summed E-state index contributed by atoms with van der Waals surface area (Å²) in [6, 6.07) is 29.9. The molecule has 0 bridgehead atoms. The highest BCUT2D eigenvalue weighted by atomic mass is 15.3. The van der Waals surface area contributed by atoms with Crippen LogP contribution < -0.4 is 0 Å². The summed E-state index contributed by atoms with van der Waals surface area (Å²) in [7, 11) is 0. The Labute approximate surface area is 218 Å². The first-order chi connectivity index (χ1) is 19.3. The van der Waals surface area contributed by atoms with Crippen molar-refractivity contribution < 1.29 is 0 Å². The zero-order valence-corrected chi connectivity index (χ0v) is 20.3. The molecule has 0 amide bonds. The summed E-state index contributed by atoms with van der Waals surface area (Å²) < 4.78 is 6.67. The van der Waals surface area contributed by atoms with Gasteiger partial charge in [-0.1, -0.05) is 48.5 Å². The molecule has 0 aliphatic rings. The van der Waals surface area contributed by atoms with Crippen LogP contribution in [0.1, 0.15) is 0 Å². The van der Waals surface area contributed by atoms with E-state index in [-0.39, 0.29) is 0 Å². The maximum atomic E-state index is 5.16.